The summed E-state index contributed by atoms with van der Waals surface area (Å²) in [5.41, 5.74) is 0.730. The van der Waals surface area contributed by atoms with Crippen molar-refractivity contribution in [2.24, 2.45) is 0 Å². The number of guanidine groups is 1. The van der Waals surface area contributed by atoms with Crippen molar-refractivity contribution in [3.63, 3.8) is 0 Å². The van der Waals surface area contributed by atoms with Crippen molar-refractivity contribution in [1.29, 1.82) is 5.41 Å². The number of fused-ring (bicyclic) bond motifs is 2. The second-order valence-electron chi connectivity index (χ2n) is 7.02. The average Bonchev–Trinajstić information content (AvgIpc) is 3.23. The third kappa shape index (κ3) is 2.13. The normalized spacial score (nSPS) is 27.6. The van der Waals surface area contributed by atoms with Crippen LogP contribution in [0.1, 0.15) is 29.3 Å². The van der Waals surface area contributed by atoms with E-state index in [9.17, 15) is 4.79 Å². The molecule has 4 rings (SSSR count). The molecule has 5 nitrogen and oxygen atoms in total. The van der Waals surface area contributed by atoms with Crippen LogP contribution in [0, 0.1) is 5.41 Å². The van der Waals surface area contributed by atoms with E-state index in [1.54, 1.807) is 25.5 Å². The maximum Gasteiger partial charge on any atom is 0.242 e. The Hall–Kier alpha value is -1.86. The zero-order valence-corrected chi connectivity index (χ0v) is 17.3. The van der Waals surface area contributed by atoms with Gasteiger partial charge in [-0.1, -0.05) is 6.07 Å². The quantitative estimate of drug-likeness (QED) is 0.759. The minimum atomic E-state index is -0.752. The molecule has 26 heavy (non-hydrogen) atoms. The summed E-state index contributed by atoms with van der Waals surface area (Å²) in [6.45, 7) is 2.05. The lowest BCUT2D eigenvalue weighted by molar-refractivity contribution is -0.138. The van der Waals surface area contributed by atoms with Crippen LogP contribution in [0.15, 0.2) is 34.1 Å². The van der Waals surface area contributed by atoms with Gasteiger partial charge in [-0.2, -0.15) is 0 Å². The predicted octanol–water partition coefficient (Wildman–Crippen LogP) is 3.61. The second-order valence-corrected chi connectivity index (χ2v) is 8.85. The highest BCUT2D eigenvalue weighted by atomic mass is 79.9. The van der Waals surface area contributed by atoms with Gasteiger partial charge in [0.05, 0.1) is 12.6 Å². The number of hydrogen-bond donors (Lipinski definition) is 2. The van der Waals surface area contributed by atoms with Gasteiger partial charge < -0.3 is 10.1 Å². The first-order valence-electron chi connectivity index (χ1n) is 8.40. The molecule has 1 fully saturated rings. The average molecular weight is 434 g/mol. The fourth-order valence-electron chi connectivity index (χ4n) is 4.39. The van der Waals surface area contributed by atoms with Crippen LogP contribution in [0.3, 0.4) is 0 Å². The van der Waals surface area contributed by atoms with Gasteiger partial charge in [0, 0.05) is 21.8 Å². The zero-order chi connectivity index (χ0) is 18.7. The molecule has 2 atom stereocenters. The Morgan fingerprint density at radius 1 is 1.38 bits per heavy atom. The third-order valence-electron chi connectivity index (χ3n) is 5.83. The molecular formula is C19H20BrN3O2S. The summed E-state index contributed by atoms with van der Waals surface area (Å²) in [5, 5.41) is 13.7. The van der Waals surface area contributed by atoms with E-state index in [1.807, 2.05) is 36.6 Å². The fraction of sp³-hybridized carbons (Fsp3) is 0.368. The third-order valence-corrected chi connectivity index (χ3v) is 7.74. The summed E-state index contributed by atoms with van der Waals surface area (Å²) >= 11 is 5.13. The van der Waals surface area contributed by atoms with Crippen molar-refractivity contribution in [2.75, 3.05) is 14.2 Å². The van der Waals surface area contributed by atoms with Gasteiger partial charge in [0.1, 0.15) is 11.2 Å². The Kier molecular flexibility index (Phi) is 3.93. The van der Waals surface area contributed by atoms with Gasteiger partial charge in [-0.15, -0.1) is 11.3 Å². The van der Waals surface area contributed by atoms with Crippen LogP contribution in [0.25, 0.3) is 0 Å². The molecule has 2 aliphatic rings. The van der Waals surface area contributed by atoms with Crippen LogP contribution in [0.5, 0.6) is 5.75 Å². The molecule has 1 aliphatic heterocycles. The van der Waals surface area contributed by atoms with E-state index in [1.165, 1.54) is 4.90 Å². The van der Waals surface area contributed by atoms with E-state index >= 15 is 0 Å². The highest BCUT2D eigenvalue weighted by molar-refractivity contribution is 9.10. The van der Waals surface area contributed by atoms with E-state index in [0.717, 1.165) is 32.6 Å². The molecular weight excluding hydrogens is 414 g/mol. The Balaban J connectivity index is 1.97. The smallest absolute Gasteiger partial charge is 0.242 e. The number of methoxy groups -OCH3 is 1. The molecule has 1 aromatic carbocycles. The molecule has 1 spiro atoms. The number of rotatable bonds is 2. The lowest BCUT2D eigenvalue weighted by Gasteiger charge is -2.52. The number of carbonyl (C=O) groups excluding carboxylic acids is 1. The summed E-state index contributed by atoms with van der Waals surface area (Å²) in [7, 11) is 3.33. The molecule has 0 radical (unpaired) electrons. The predicted molar refractivity (Wildman–Crippen MR) is 106 cm³/mol. The number of benzene rings is 1. The number of amides is 1. The monoisotopic (exact) mass is 433 g/mol. The number of nitrogens with one attached hydrogen (secondary N) is 2. The molecule has 136 valence electrons. The molecule has 0 unspecified atom stereocenters. The minimum Gasteiger partial charge on any atom is -0.497 e. The number of ether oxygens (including phenoxy) is 1. The molecule has 1 amide bonds. The van der Waals surface area contributed by atoms with Gasteiger partial charge in [-0.3, -0.25) is 15.1 Å². The number of likely N-dealkylation sites (N-methyl/N-ethyl adjacent to an activating group) is 1. The Morgan fingerprint density at radius 2 is 2.15 bits per heavy atom. The maximum absolute atomic E-state index is 13.6. The zero-order valence-electron chi connectivity index (χ0n) is 14.9. The van der Waals surface area contributed by atoms with E-state index in [2.05, 4.69) is 21.2 Å². The van der Waals surface area contributed by atoms with Crippen LogP contribution in [-0.2, 0) is 22.2 Å². The van der Waals surface area contributed by atoms with Crippen molar-refractivity contribution >= 4 is 39.1 Å². The van der Waals surface area contributed by atoms with Crippen LogP contribution in [-0.4, -0.2) is 30.9 Å². The number of thiophene rings is 1. The van der Waals surface area contributed by atoms with Gasteiger partial charge in [-0.25, -0.2) is 0 Å². The van der Waals surface area contributed by atoms with E-state index in [0.29, 0.717) is 6.42 Å². The SMILES string of the molecule is COc1ccc2c(c1)CC[C@]21C(=O)N(C)C(=N)N[C@]1(C)c1cc(Br)cs1. The molecule has 1 aromatic heterocycles. The minimum absolute atomic E-state index is 0.0304. The fourth-order valence-corrected chi connectivity index (χ4v) is 6.02. The first-order chi connectivity index (χ1) is 12.3. The van der Waals surface area contributed by atoms with Crippen LogP contribution < -0.4 is 10.1 Å². The highest BCUT2D eigenvalue weighted by Gasteiger charge is 2.63. The van der Waals surface area contributed by atoms with Crippen molar-refractivity contribution in [1.82, 2.24) is 10.2 Å². The first-order valence-corrected chi connectivity index (χ1v) is 10.1. The number of aryl methyl sites for hydroxylation is 1. The van der Waals surface area contributed by atoms with Crippen molar-refractivity contribution in [3.8, 4) is 5.75 Å². The largest absolute Gasteiger partial charge is 0.497 e. The Labute approximate surface area is 165 Å². The summed E-state index contributed by atoms with van der Waals surface area (Å²) in [4.78, 5) is 16.1. The van der Waals surface area contributed by atoms with E-state index in [4.69, 9.17) is 10.1 Å². The second kappa shape index (κ2) is 5.82. The molecule has 0 saturated carbocycles. The van der Waals surface area contributed by atoms with E-state index in [-0.39, 0.29) is 11.9 Å². The number of carbonyl (C=O) groups is 1. The van der Waals surface area contributed by atoms with Crippen LogP contribution >= 0.6 is 27.3 Å². The summed E-state index contributed by atoms with van der Waals surface area (Å²) in [6, 6.07) is 8.02. The lowest BCUT2D eigenvalue weighted by atomic mass is 9.63. The van der Waals surface area contributed by atoms with Gasteiger partial charge in [0.2, 0.25) is 5.91 Å². The standard InChI is InChI=1S/C19H20BrN3O2S/c1-18(15-9-12(20)10-26-15)19(16(24)23(2)17(21)22-18)7-6-11-8-13(25-3)4-5-14(11)19/h4-5,8-10H,6-7H2,1-3H3,(H2,21,22)/t18-,19-/m1/s1. The molecule has 0 bridgehead atoms. The van der Waals surface area contributed by atoms with Gasteiger partial charge in [-0.05, 0) is 65.0 Å². The topological polar surface area (TPSA) is 65.4 Å². The Bertz CT molecular complexity index is 927. The van der Waals surface area contributed by atoms with Crippen molar-refractivity contribution < 1.29 is 9.53 Å². The van der Waals surface area contributed by atoms with Crippen LogP contribution in [0.4, 0.5) is 0 Å². The number of nitrogens with zero attached hydrogens (tertiary/aromatic N) is 1. The van der Waals surface area contributed by atoms with E-state index < -0.39 is 11.0 Å². The molecule has 2 aromatic rings. The maximum atomic E-state index is 13.6. The lowest BCUT2D eigenvalue weighted by Crippen LogP contribution is -2.71. The van der Waals surface area contributed by atoms with Crippen molar-refractivity contribution in [3.05, 3.63) is 50.1 Å². The van der Waals surface area contributed by atoms with Gasteiger partial charge in [0.25, 0.3) is 0 Å². The Morgan fingerprint density at radius 3 is 2.81 bits per heavy atom. The van der Waals surface area contributed by atoms with Crippen molar-refractivity contribution in [2.45, 2.75) is 30.7 Å². The van der Waals surface area contributed by atoms with Gasteiger partial charge in [0.15, 0.2) is 5.96 Å². The summed E-state index contributed by atoms with van der Waals surface area (Å²) in [6.07, 6.45) is 1.51. The molecule has 1 aliphatic carbocycles. The molecule has 2 N–H and O–H groups in total. The van der Waals surface area contributed by atoms with Gasteiger partial charge >= 0.3 is 0 Å². The highest BCUT2D eigenvalue weighted by Crippen LogP contribution is 2.55. The van der Waals surface area contributed by atoms with Crippen LogP contribution in [0.2, 0.25) is 0 Å². The molecule has 7 heteroatoms. The first kappa shape index (κ1) is 17.5. The molecule has 1 saturated heterocycles. The summed E-state index contributed by atoms with van der Waals surface area (Å²) in [5.74, 6) is 0.908. The number of halogens is 1. The number of hydrogen-bond acceptors (Lipinski definition) is 4. The summed E-state index contributed by atoms with van der Waals surface area (Å²) < 4.78 is 6.36. The molecule has 2 heterocycles.